The van der Waals surface area contributed by atoms with Crippen molar-refractivity contribution in [2.45, 2.75) is 418 Å². The third kappa shape index (κ3) is 71.9. The highest BCUT2D eigenvalue weighted by Gasteiger charge is 2.30. The van der Waals surface area contributed by atoms with Crippen LogP contribution in [0.25, 0.3) is 0 Å². The van der Waals surface area contributed by atoms with E-state index in [0.29, 0.717) is 25.7 Å². The second kappa shape index (κ2) is 72.9. The smallest absolute Gasteiger partial charge is 0.462 e. The van der Waals surface area contributed by atoms with Crippen molar-refractivity contribution >= 4 is 39.5 Å². The molecule has 0 aliphatic carbocycles. The van der Waals surface area contributed by atoms with E-state index in [9.17, 15) is 43.2 Å². The van der Waals surface area contributed by atoms with Gasteiger partial charge in [0.2, 0.25) is 0 Å². The zero-order valence-corrected chi connectivity index (χ0v) is 65.0. The fourth-order valence-electron chi connectivity index (χ4n) is 11.7. The first-order valence-electron chi connectivity index (χ1n) is 40.6. The molecule has 0 aromatic heterocycles. The molecular formula is C79H150O17P2. The number of aliphatic hydroxyl groups excluding tert-OH is 1. The molecule has 0 aliphatic rings. The van der Waals surface area contributed by atoms with Crippen molar-refractivity contribution in [3.8, 4) is 0 Å². The lowest BCUT2D eigenvalue weighted by molar-refractivity contribution is -0.161. The zero-order valence-electron chi connectivity index (χ0n) is 63.2. The summed E-state index contributed by atoms with van der Waals surface area (Å²) in [5.41, 5.74) is 0. The maximum Gasteiger partial charge on any atom is 0.472 e. The average molecular weight is 1430 g/mol. The molecule has 0 radical (unpaired) electrons. The molecule has 17 nitrogen and oxygen atoms in total. The zero-order chi connectivity index (χ0) is 71.8. The van der Waals surface area contributed by atoms with Gasteiger partial charge in [0.05, 0.1) is 26.4 Å². The first-order chi connectivity index (χ1) is 47.7. The van der Waals surface area contributed by atoms with Gasteiger partial charge < -0.3 is 33.8 Å². The molecule has 0 saturated heterocycles. The number of hydrogen-bond acceptors (Lipinski definition) is 15. The number of rotatable bonds is 78. The van der Waals surface area contributed by atoms with Crippen molar-refractivity contribution in [2.24, 2.45) is 0 Å². The molecule has 98 heavy (non-hydrogen) atoms. The molecule has 0 spiro atoms. The standard InChI is InChI=1S/C79H150O17P2/c1-5-9-13-17-21-25-29-33-36-40-43-47-51-55-59-63-76(81)89-69-74(95-78(83)65-61-57-53-49-45-39-32-28-24-20-16-12-8-4)71-93-97(85,86)91-67-73(80)68-92-98(87,88)94-72-75(96-79(84)66-62-58-54-50-46-42-38-35-31-27-23-19-15-11-7-3)70-90-77(82)64-60-56-52-48-44-41-37-34-30-26-22-18-14-10-6-2/h33-34,36-37,73-75,80H,5-32,35,38-72H2,1-4H3,(H,85,86)(H,87,88)/b36-33-,37-34-/t73-,74-,75-/m1/s1. The Morgan fingerprint density at radius 1 is 0.276 bits per heavy atom. The normalized spacial score (nSPS) is 14.0. The maximum absolute atomic E-state index is 13.1. The summed E-state index contributed by atoms with van der Waals surface area (Å²) in [6.07, 6.45) is 67.2. The highest BCUT2D eigenvalue weighted by atomic mass is 31.2. The van der Waals surface area contributed by atoms with E-state index in [4.69, 9.17) is 37.0 Å². The Bertz CT molecular complexity index is 1950. The van der Waals surface area contributed by atoms with Gasteiger partial charge in [-0.1, -0.05) is 322 Å². The minimum absolute atomic E-state index is 0.103. The molecule has 3 N–H and O–H groups in total. The number of phosphoric acid groups is 2. The highest BCUT2D eigenvalue weighted by Crippen LogP contribution is 2.45. The van der Waals surface area contributed by atoms with Gasteiger partial charge in [0.1, 0.15) is 19.3 Å². The van der Waals surface area contributed by atoms with Crippen LogP contribution in [-0.4, -0.2) is 96.7 Å². The van der Waals surface area contributed by atoms with E-state index < -0.39 is 97.5 Å². The van der Waals surface area contributed by atoms with Crippen LogP contribution in [-0.2, 0) is 65.4 Å². The Balaban J connectivity index is 5.30. The third-order valence-corrected chi connectivity index (χ3v) is 19.8. The quantitative estimate of drug-likeness (QED) is 0.0169. The molecule has 0 amide bonds. The van der Waals surface area contributed by atoms with Gasteiger partial charge in [0.15, 0.2) is 12.2 Å². The average Bonchev–Trinajstić information content (AvgIpc) is 0.959. The fourth-order valence-corrected chi connectivity index (χ4v) is 13.3. The maximum atomic E-state index is 13.1. The lowest BCUT2D eigenvalue weighted by atomic mass is 10.0. The summed E-state index contributed by atoms with van der Waals surface area (Å²) >= 11 is 0. The first-order valence-corrected chi connectivity index (χ1v) is 43.6. The van der Waals surface area contributed by atoms with Crippen LogP contribution in [0.1, 0.15) is 400 Å². The van der Waals surface area contributed by atoms with Gasteiger partial charge in [-0.05, 0) is 77.0 Å². The second-order valence-corrected chi connectivity index (χ2v) is 30.6. The third-order valence-electron chi connectivity index (χ3n) is 17.9. The number of aliphatic hydroxyl groups is 1. The minimum Gasteiger partial charge on any atom is -0.462 e. The lowest BCUT2D eigenvalue weighted by Crippen LogP contribution is -2.30. The van der Waals surface area contributed by atoms with Crippen LogP contribution in [0.3, 0.4) is 0 Å². The molecule has 19 heteroatoms. The van der Waals surface area contributed by atoms with Crippen LogP contribution in [0.4, 0.5) is 0 Å². The highest BCUT2D eigenvalue weighted by molar-refractivity contribution is 7.47. The Kier molecular flexibility index (Phi) is 71.0. The van der Waals surface area contributed by atoms with E-state index in [0.717, 1.165) is 128 Å². The molecule has 0 heterocycles. The summed E-state index contributed by atoms with van der Waals surface area (Å²) < 4.78 is 68.6. The fraction of sp³-hybridized carbons (Fsp3) is 0.899. The van der Waals surface area contributed by atoms with E-state index in [1.54, 1.807) is 0 Å². The molecule has 0 aromatic carbocycles. The van der Waals surface area contributed by atoms with Crippen LogP contribution < -0.4 is 0 Å². The minimum atomic E-state index is -4.96. The number of carbonyl (C=O) groups excluding carboxylic acids is 4. The first kappa shape index (κ1) is 95.5. The summed E-state index contributed by atoms with van der Waals surface area (Å²) in [7, 11) is -9.93. The molecular weight excluding hydrogens is 1280 g/mol. The predicted molar refractivity (Wildman–Crippen MR) is 400 cm³/mol. The number of esters is 4. The van der Waals surface area contributed by atoms with Crippen molar-refractivity contribution in [1.29, 1.82) is 0 Å². The van der Waals surface area contributed by atoms with Crippen LogP contribution in [0.2, 0.25) is 0 Å². The van der Waals surface area contributed by atoms with Gasteiger partial charge in [-0.25, -0.2) is 9.13 Å². The van der Waals surface area contributed by atoms with E-state index in [1.807, 2.05) is 0 Å². The van der Waals surface area contributed by atoms with Crippen molar-refractivity contribution in [1.82, 2.24) is 0 Å². The van der Waals surface area contributed by atoms with E-state index >= 15 is 0 Å². The number of allylic oxidation sites excluding steroid dienone is 4. The van der Waals surface area contributed by atoms with Gasteiger partial charge in [-0.3, -0.25) is 37.3 Å². The predicted octanol–water partition coefficient (Wildman–Crippen LogP) is 23.3. The van der Waals surface area contributed by atoms with Crippen LogP contribution in [0, 0.1) is 0 Å². The Hall–Kier alpha value is -2.46. The Morgan fingerprint density at radius 2 is 0.469 bits per heavy atom. The lowest BCUT2D eigenvalue weighted by Gasteiger charge is -2.21. The molecule has 578 valence electrons. The number of phosphoric ester groups is 2. The van der Waals surface area contributed by atoms with E-state index in [1.165, 1.54) is 193 Å². The van der Waals surface area contributed by atoms with Gasteiger partial charge in [0, 0.05) is 25.7 Å². The topological polar surface area (TPSA) is 237 Å². The van der Waals surface area contributed by atoms with Gasteiger partial charge >= 0.3 is 39.5 Å². The number of carbonyl (C=O) groups is 4. The van der Waals surface area contributed by atoms with Crippen molar-refractivity contribution < 1.29 is 80.2 Å². The van der Waals surface area contributed by atoms with E-state index in [-0.39, 0.29) is 25.7 Å². The summed E-state index contributed by atoms with van der Waals surface area (Å²) in [6, 6.07) is 0. The molecule has 0 aromatic rings. The Morgan fingerprint density at radius 3 is 0.704 bits per heavy atom. The van der Waals surface area contributed by atoms with Crippen molar-refractivity contribution in [3.63, 3.8) is 0 Å². The van der Waals surface area contributed by atoms with Crippen molar-refractivity contribution in [3.05, 3.63) is 24.3 Å². The van der Waals surface area contributed by atoms with Gasteiger partial charge in [0.25, 0.3) is 0 Å². The molecule has 0 aliphatic heterocycles. The summed E-state index contributed by atoms with van der Waals surface area (Å²) in [4.78, 5) is 73.0. The summed E-state index contributed by atoms with van der Waals surface area (Å²) in [6.45, 7) is 4.96. The monoisotopic (exact) mass is 1430 g/mol. The number of ether oxygens (including phenoxy) is 4. The molecule has 2 unspecified atom stereocenters. The van der Waals surface area contributed by atoms with Gasteiger partial charge in [-0.15, -0.1) is 0 Å². The van der Waals surface area contributed by atoms with Crippen LogP contribution in [0.5, 0.6) is 0 Å². The van der Waals surface area contributed by atoms with Gasteiger partial charge in [-0.2, -0.15) is 0 Å². The van der Waals surface area contributed by atoms with Crippen LogP contribution in [0.15, 0.2) is 24.3 Å². The number of hydrogen-bond donors (Lipinski definition) is 3. The largest absolute Gasteiger partial charge is 0.472 e. The number of unbranched alkanes of at least 4 members (excludes halogenated alkanes) is 48. The molecule has 0 bridgehead atoms. The summed E-state index contributed by atoms with van der Waals surface area (Å²) in [5, 5.41) is 10.6. The molecule has 0 saturated carbocycles. The van der Waals surface area contributed by atoms with Crippen LogP contribution >= 0.6 is 15.6 Å². The van der Waals surface area contributed by atoms with E-state index in [2.05, 4.69) is 52.0 Å². The van der Waals surface area contributed by atoms with Crippen molar-refractivity contribution in [2.75, 3.05) is 39.6 Å². The molecule has 0 fully saturated rings. The Labute approximate surface area is 599 Å². The summed E-state index contributed by atoms with van der Waals surface area (Å²) in [5.74, 6) is -2.14. The molecule has 5 atom stereocenters. The second-order valence-electron chi connectivity index (χ2n) is 27.7. The SMILES string of the molecule is CCCCCCCC/C=C\CCCCCCCC(=O)OC[C@H](COP(=O)(O)OC[C@@H](O)COP(=O)(O)OC[C@@H](COC(=O)CCCCCCC/C=C\CCCCCCCC)OC(=O)CCCCCCCCCCCCCCCCC)OC(=O)CCCCCCCCCCCCCCC. The molecule has 0 rings (SSSR count).